The van der Waals surface area contributed by atoms with E-state index in [-0.39, 0.29) is 43.4 Å². The molecule has 0 unspecified atom stereocenters. The van der Waals surface area contributed by atoms with Gasteiger partial charge < -0.3 is 4.74 Å². The van der Waals surface area contributed by atoms with Crippen molar-refractivity contribution < 1.29 is 23.2 Å². The number of ether oxygens (including phenoxy) is 1. The largest absolute Gasteiger partial charge is 0.381 e. The number of hydroxylamine groups is 1. The fourth-order valence-corrected chi connectivity index (χ4v) is 5.81. The number of aromatic nitrogens is 1. The number of hydrogen-bond acceptors (Lipinski definition) is 6. The predicted octanol–water partition coefficient (Wildman–Crippen LogP) is 3.67. The summed E-state index contributed by atoms with van der Waals surface area (Å²) in [5.74, 6) is -0.924. The van der Waals surface area contributed by atoms with E-state index in [1.54, 1.807) is 24.5 Å². The molecule has 1 amide bonds. The molecule has 2 heterocycles. The minimum atomic E-state index is -4.03. The van der Waals surface area contributed by atoms with Crippen molar-refractivity contribution in [2.45, 2.75) is 22.5 Å². The van der Waals surface area contributed by atoms with Gasteiger partial charge in [-0.1, -0.05) is 36.4 Å². The van der Waals surface area contributed by atoms with Crippen LogP contribution in [0.3, 0.4) is 0 Å². The average molecular weight is 475 g/mol. The molecule has 9 heteroatoms. The molecule has 2 aromatic carbocycles. The first kappa shape index (κ1) is 23.9. The zero-order valence-electron chi connectivity index (χ0n) is 17.1. The van der Waals surface area contributed by atoms with E-state index in [2.05, 4.69) is 4.98 Å². The Bertz CT molecular complexity index is 1160. The number of nitrogens with one attached hydrogen (secondary N) is 1. The summed E-state index contributed by atoms with van der Waals surface area (Å²) in [4.78, 5) is 16.4. The van der Waals surface area contributed by atoms with Crippen LogP contribution in [0.15, 0.2) is 78.0 Å². The van der Waals surface area contributed by atoms with Gasteiger partial charge in [0.25, 0.3) is 5.91 Å². The van der Waals surface area contributed by atoms with Gasteiger partial charge >= 0.3 is 0 Å². The molecule has 0 spiro atoms. The Morgan fingerprint density at radius 3 is 1.75 bits per heavy atom. The summed E-state index contributed by atoms with van der Waals surface area (Å²) in [6, 6.07) is 18.3. The lowest BCUT2D eigenvalue weighted by molar-refractivity contribution is -0.134. The monoisotopic (exact) mass is 474 g/mol. The predicted molar refractivity (Wildman–Crippen MR) is 122 cm³/mol. The first-order valence-corrected chi connectivity index (χ1v) is 11.3. The number of halogens is 1. The van der Waals surface area contributed by atoms with Crippen molar-refractivity contribution in [1.29, 1.82) is 0 Å². The molecule has 1 fully saturated rings. The Hall–Kier alpha value is -2.78. The molecule has 0 bridgehead atoms. The Morgan fingerprint density at radius 1 is 0.844 bits per heavy atom. The van der Waals surface area contributed by atoms with Gasteiger partial charge in [-0.25, -0.2) is 13.9 Å². The summed E-state index contributed by atoms with van der Waals surface area (Å²) in [5.41, 5.74) is 5.44. The summed E-state index contributed by atoms with van der Waals surface area (Å²) < 4.78 is 30.1. The summed E-state index contributed by atoms with van der Waals surface area (Å²) in [6.45, 7) is 0.267. The number of rotatable bonds is 5. The number of nitrogens with zero attached hydrogens (tertiary/aromatic N) is 1. The second-order valence-electron chi connectivity index (χ2n) is 7.39. The minimum Gasteiger partial charge on any atom is -0.381 e. The second-order valence-corrected chi connectivity index (χ2v) is 9.65. The van der Waals surface area contributed by atoms with Crippen LogP contribution >= 0.6 is 12.4 Å². The van der Waals surface area contributed by atoms with E-state index in [9.17, 15) is 13.2 Å². The van der Waals surface area contributed by atoms with Crippen molar-refractivity contribution in [1.82, 2.24) is 10.5 Å². The highest BCUT2D eigenvalue weighted by atomic mass is 35.5. The van der Waals surface area contributed by atoms with Crippen LogP contribution in [0.5, 0.6) is 0 Å². The lowest BCUT2D eigenvalue weighted by Gasteiger charge is -2.34. The Kier molecular flexibility index (Phi) is 7.30. The zero-order chi connectivity index (χ0) is 21.9. The van der Waals surface area contributed by atoms with E-state index in [4.69, 9.17) is 9.94 Å². The van der Waals surface area contributed by atoms with Crippen LogP contribution in [0.2, 0.25) is 0 Å². The summed E-state index contributed by atoms with van der Waals surface area (Å²) >= 11 is 0. The molecule has 1 saturated heterocycles. The van der Waals surface area contributed by atoms with Crippen LogP contribution in [-0.2, 0) is 19.4 Å². The van der Waals surface area contributed by atoms with E-state index in [1.165, 1.54) is 17.6 Å². The first-order chi connectivity index (χ1) is 15.0. The van der Waals surface area contributed by atoms with Crippen LogP contribution in [0.25, 0.3) is 22.3 Å². The van der Waals surface area contributed by atoms with Crippen LogP contribution < -0.4 is 5.48 Å². The van der Waals surface area contributed by atoms with Crippen molar-refractivity contribution in [2.24, 2.45) is 0 Å². The molecule has 168 valence electrons. The normalized spacial score (nSPS) is 15.4. The van der Waals surface area contributed by atoms with Gasteiger partial charge in [0.05, 0.1) is 4.90 Å². The zero-order valence-corrected chi connectivity index (χ0v) is 18.7. The highest BCUT2D eigenvalue weighted by molar-refractivity contribution is 7.93. The van der Waals surface area contributed by atoms with Crippen LogP contribution in [0.1, 0.15) is 12.8 Å². The molecule has 1 aliphatic heterocycles. The van der Waals surface area contributed by atoms with E-state index in [0.717, 1.165) is 22.3 Å². The molecular weight excluding hydrogens is 452 g/mol. The average Bonchev–Trinajstić information content (AvgIpc) is 2.84. The number of sulfone groups is 1. The number of amides is 1. The van der Waals surface area contributed by atoms with E-state index < -0.39 is 20.5 Å². The van der Waals surface area contributed by atoms with Crippen molar-refractivity contribution >= 4 is 28.2 Å². The van der Waals surface area contributed by atoms with Crippen molar-refractivity contribution in [3.63, 3.8) is 0 Å². The molecule has 0 aliphatic carbocycles. The highest BCUT2D eigenvalue weighted by Gasteiger charge is 2.52. The molecule has 0 radical (unpaired) electrons. The Morgan fingerprint density at radius 2 is 1.28 bits per heavy atom. The first-order valence-electron chi connectivity index (χ1n) is 9.86. The Labute approximate surface area is 192 Å². The molecule has 0 atom stereocenters. The summed E-state index contributed by atoms with van der Waals surface area (Å²) in [6.07, 6.45) is 3.45. The van der Waals surface area contributed by atoms with Gasteiger partial charge in [0.15, 0.2) is 14.6 Å². The third kappa shape index (κ3) is 4.27. The number of hydrogen-bond donors (Lipinski definition) is 2. The standard InChI is InChI=1S/C23H22N2O5S.ClH/c26-22(25-27)23(11-15-30-16-12-23)31(28,29)21-7-5-19(6-8-21)17-1-3-18(4-2-17)20-9-13-24-14-10-20;/h1-10,13-14,27H,11-12,15-16H2,(H,25,26);1H. The number of pyridine rings is 1. The molecule has 3 aromatic rings. The fourth-order valence-electron chi connectivity index (χ4n) is 3.87. The number of carbonyl (C=O) groups is 1. The molecule has 0 saturated carbocycles. The van der Waals surface area contributed by atoms with Gasteiger partial charge in [-0.3, -0.25) is 15.0 Å². The number of carbonyl (C=O) groups excluding carboxylic acids is 1. The van der Waals surface area contributed by atoms with Crippen LogP contribution in [0.4, 0.5) is 0 Å². The third-order valence-corrected chi connectivity index (χ3v) is 8.24. The minimum absolute atomic E-state index is 0. The van der Waals surface area contributed by atoms with Gasteiger partial charge in [-0.2, -0.15) is 0 Å². The molecule has 7 nitrogen and oxygen atoms in total. The SMILES string of the molecule is Cl.O=C(NO)C1(S(=O)(=O)c2ccc(-c3ccc(-c4ccncc4)cc3)cc2)CCOCC1. The topological polar surface area (TPSA) is 106 Å². The smallest absolute Gasteiger partial charge is 0.265 e. The van der Waals surface area contributed by atoms with Crippen molar-refractivity contribution in [3.8, 4) is 22.3 Å². The van der Waals surface area contributed by atoms with Gasteiger partial charge in [-0.05, 0) is 59.4 Å². The number of benzene rings is 2. The molecular formula is C23H23ClN2O5S. The van der Waals surface area contributed by atoms with Gasteiger partial charge in [0.1, 0.15) is 0 Å². The van der Waals surface area contributed by atoms with Gasteiger partial charge in [0, 0.05) is 25.6 Å². The maximum absolute atomic E-state index is 13.3. The Balaban J connectivity index is 0.00000289. The van der Waals surface area contributed by atoms with Crippen LogP contribution in [-0.4, -0.2) is 42.5 Å². The second kappa shape index (κ2) is 9.79. The molecule has 1 aliphatic rings. The summed E-state index contributed by atoms with van der Waals surface area (Å²) in [5, 5.41) is 9.15. The molecule has 2 N–H and O–H groups in total. The fraction of sp³-hybridized carbons (Fsp3) is 0.217. The van der Waals surface area contributed by atoms with Gasteiger partial charge in [0.2, 0.25) is 0 Å². The van der Waals surface area contributed by atoms with E-state index in [1.807, 2.05) is 36.4 Å². The highest BCUT2D eigenvalue weighted by Crippen LogP contribution is 2.36. The molecule has 4 rings (SSSR count). The van der Waals surface area contributed by atoms with E-state index in [0.29, 0.717) is 0 Å². The van der Waals surface area contributed by atoms with Crippen molar-refractivity contribution in [3.05, 3.63) is 73.1 Å². The van der Waals surface area contributed by atoms with Crippen LogP contribution in [0, 0.1) is 0 Å². The van der Waals surface area contributed by atoms with Gasteiger partial charge in [-0.15, -0.1) is 12.4 Å². The lowest BCUT2D eigenvalue weighted by Crippen LogP contribution is -2.54. The molecule has 32 heavy (non-hydrogen) atoms. The third-order valence-electron chi connectivity index (χ3n) is 5.73. The maximum atomic E-state index is 13.3. The quantitative estimate of drug-likeness (QED) is 0.431. The lowest BCUT2D eigenvalue weighted by atomic mass is 9.98. The summed E-state index contributed by atoms with van der Waals surface area (Å²) in [7, 11) is -4.03. The molecule has 1 aromatic heterocycles. The van der Waals surface area contributed by atoms with E-state index >= 15 is 0 Å². The maximum Gasteiger partial charge on any atom is 0.265 e. The van der Waals surface area contributed by atoms with Crippen molar-refractivity contribution in [2.75, 3.05) is 13.2 Å².